The molecule has 1 unspecified atom stereocenters. The van der Waals surface area contributed by atoms with Crippen molar-refractivity contribution < 1.29 is 9.84 Å². The fourth-order valence-corrected chi connectivity index (χ4v) is 2.24. The van der Waals surface area contributed by atoms with Gasteiger partial charge in [0, 0.05) is 32.8 Å². The number of unbranched alkanes of at least 4 members (excludes halogenated alkanes) is 1. The monoisotopic (exact) mass is 230 g/mol. The van der Waals surface area contributed by atoms with E-state index in [4.69, 9.17) is 9.84 Å². The Balaban J connectivity index is 2.12. The lowest BCUT2D eigenvalue weighted by atomic mass is 10.2. The van der Waals surface area contributed by atoms with E-state index in [1.54, 1.807) is 7.11 Å². The van der Waals surface area contributed by atoms with E-state index in [9.17, 15) is 0 Å². The maximum absolute atomic E-state index is 9.03. The number of nitrogens with one attached hydrogen (secondary N) is 1. The quantitative estimate of drug-likeness (QED) is 0.565. The maximum Gasteiger partial charge on any atom is 0.0558 e. The van der Waals surface area contributed by atoms with Gasteiger partial charge in [-0.3, -0.25) is 4.90 Å². The van der Waals surface area contributed by atoms with Crippen LogP contribution in [0.4, 0.5) is 0 Å². The first-order chi connectivity index (χ1) is 7.86. The first-order valence-electron chi connectivity index (χ1n) is 6.42. The zero-order chi connectivity index (χ0) is 11.6. The van der Waals surface area contributed by atoms with Crippen molar-refractivity contribution in [3.8, 4) is 0 Å². The first kappa shape index (κ1) is 13.9. The van der Waals surface area contributed by atoms with Crippen molar-refractivity contribution in [1.29, 1.82) is 0 Å². The molecule has 96 valence electrons. The lowest BCUT2D eigenvalue weighted by Gasteiger charge is -2.24. The second-order valence-corrected chi connectivity index (χ2v) is 4.52. The van der Waals surface area contributed by atoms with Gasteiger partial charge in [0.25, 0.3) is 0 Å². The summed E-state index contributed by atoms with van der Waals surface area (Å²) in [4.78, 5) is 2.36. The van der Waals surface area contributed by atoms with Gasteiger partial charge in [-0.05, 0) is 38.8 Å². The van der Waals surface area contributed by atoms with Crippen LogP contribution in [-0.4, -0.2) is 62.6 Å². The van der Waals surface area contributed by atoms with E-state index in [1.165, 1.54) is 12.8 Å². The SMILES string of the molecule is COCCCCN(CCO)CC1CCCN1. The number of rotatable bonds is 9. The van der Waals surface area contributed by atoms with Crippen molar-refractivity contribution in [1.82, 2.24) is 10.2 Å². The summed E-state index contributed by atoms with van der Waals surface area (Å²) in [6, 6.07) is 0.633. The molecule has 4 nitrogen and oxygen atoms in total. The van der Waals surface area contributed by atoms with Crippen LogP contribution in [0.1, 0.15) is 25.7 Å². The minimum Gasteiger partial charge on any atom is -0.395 e. The van der Waals surface area contributed by atoms with Gasteiger partial charge in [-0.2, -0.15) is 0 Å². The third-order valence-electron chi connectivity index (χ3n) is 3.13. The second kappa shape index (κ2) is 8.93. The van der Waals surface area contributed by atoms with Crippen LogP contribution in [0.5, 0.6) is 0 Å². The van der Waals surface area contributed by atoms with Crippen LogP contribution >= 0.6 is 0 Å². The highest BCUT2D eigenvalue weighted by molar-refractivity contribution is 4.77. The summed E-state index contributed by atoms with van der Waals surface area (Å²) in [5, 5.41) is 12.5. The number of hydrogen-bond donors (Lipinski definition) is 2. The summed E-state index contributed by atoms with van der Waals surface area (Å²) in [5.41, 5.74) is 0. The normalized spacial score (nSPS) is 20.8. The average Bonchev–Trinajstić information content (AvgIpc) is 2.77. The topological polar surface area (TPSA) is 44.7 Å². The van der Waals surface area contributed by atoms with Gasteiger partial charge in [-0.1, -0.05) is 0 Å². The van der Waals surface area contributed by atoms with Gasteiger partial charge in [0.1, 0.15) is 0 Å². The van der Waals surface area contributed by atoms with Crippen LogP contribution in [-0.2, 0) is 4.74 Å². The Morgan fingerprint density at radius 2 is 2.25 bits per heavy atom. The third-order valence-corrected chi connectivity index (χ3v) is 3.13. The van der Waals surface area contributed by atoms with Gasteiger partial charge in [0.15, 0.2) is 0 Å². The largest absolute Gasteiger partial charge is 0.395 e. The summed E-state index contributed by atoms with van der Waals surface area (Å²) in [6.45, 7) is 5.20. The number of methoxy groups -OCH3 is 1. The molecule has 0 amide bonds. The molecule has 0 saturated carbocycles. The van der Waals surface area contributed by atoms with Crippen molar-refractivity contribution in [2.75, 3.05) is 46.5 Å². The lowest BCUT2D eigenvalue weighted by molar-refractivity contribution is 0.165. The van der Waals surface area contributed by atoms with Crippen molar-refractivity contribution in [2.24, 2.45) is 0 Å². The number of ether oxygens (including phenoxy) is 1. The molecule has 16 heavy (non-hydrogen) atoms. The summed E-state index contributed by atoms with van der Waals surface area (Å²) >= 11 is 0. The van der Waals surface area contributed by atoms with Crippen molar-refractivity contribution >= 4 is 0 Å². The van der Waals surface area contributed by atoms with Crippen LogP contribution < -0.4 is 5.32 Å². The molecule has 0 aromatic heterocycles. The molecule has 1 atom stereocenters. The van der Waals surface area contributed by atoms with E-state index in [1.807, 2.05) is 0 Å². The molecule has 0 spiro atoms. The van der Waals surface area contributed by atoms with E-state index >= 15 is 0 Å². The molecule has 1 heterocycles. The Labute approximate surface area is 99.0 Å². The Kier molecular flexibility index (Phi) is 7.76. The fraction of sp³-hybridized carbons (Fsp3) is 1.00. The summed E-state index contributed by atoms with van der Waals surface area (Å²) in [5.74, 6) is 0. The molecule has 0 aromatic carbocycles. The van der Waals surface area contributed by atoms with Crippen molar-refractivity contribution in [3.63, 3.8) is 0 Å². The average molecular weight is 230 g/mol. The standard InChI is InChI=1S/C12H26N2O2/c1-16-10-3-2-7-14(8-9-15)11-12-5-4-6-13-12/h12-13,15H,2-11H2,1H3. The lowest BCUT2D eigenvalue weighted by Crippen LogP contribution is -2.39. The molecule has 2 N–H and O–H groups in total. The van der Waals surface area contributed by atoms with Crippen LogP contribution in [0, 0.1) is 0 Å². The Bertz CT molecular complexity index is 161. The van der Waals surface area contributed by atoms with Gasteiger partial charge in [0.2, 0.25) is 0 Å². The van der Waals surface area contributed by atoms with Gasteiger partial charge in [-0.25, -0.2) is 0 Å². The Morgan fingerprint density at radius 3 is 2.88 bits per heavy atom. The predicted octanol–water partition coefficient (Wildman–Crippen LogP) is 0.459. The van der Waals surface area contributed by atoms with Gasteiger partial charge in [0.05, 0.1) is 6.61 Å². The van der Waals surface area contributed by atoms with Gasteiger partial charge < -0.3 is 15.2 Å². The first-order valence-corrected chi connectivity index (χ1v) is 6.42. The number of nitrogens with zero attached hydrogens (tertiary/aromatic N) is 1. The van der Waals surface area contributed by atoms with Crippen LogP contribution in [0.25, 0.3) is 0 Å². The zero-order valence-corrected chi connectivity index (χ0v) is 10.5. The molecule has 0 bridgehead atoms. The molecule has 0 aromatic rings. The summed E-state index contributed by atoms with van der Waals surface area (Å²) in [6.07, 6.45) is 4.83. The number of hydrogen-bond acceptors (Lipinski definition) is 4. The van der Waals surface area contributed by atoms with E-state index in [-0.39, 0.29) is 6.61 Å². The number of aliphatic hydroxyl groups is 1. The molecule has 1 fully saturated rings. The Hall–Kier alpha value is -0.160. The molecular weight excluding hydrogens is 204 g/mol. The summed E-state index contributed by atoms with van der Waals surface area (Å²) < 4.78 is 5.04. The van der Waals surface area contributed by atoms with Crippen molar-refractivity contribution in [2.45, 2.75) is 31.7 Å². The minimum absolute atomic E-state index is 0.261. The third kappa shape index (κ3) is 5.80. The predicted molar refractivity (Wildman–Crippen MR) is 65.7 cm³/mol. The molecule has 1 rings (SSSR count). The highest BCUT2D eigenvalue weighted by Crippen LogP contribution is 2.07. The van der Waals surface area contributed by atoms with Crippen LogP contribution in [0.2, 0.25) is 0 Å². The Morgan fingerprint density at radius 1 is 1.38 bits per heavy atom. The zero-order valence-electron chi connectivity index (χ0n) is 10.5. The number of aliphatic hydroxyl groups excluding tert-OH is 1. The molecule has 1 aliphatic heterocycles. The smallest absolute Gasteiger partial charge is 0.0558 e. The maximum atomic E-state index is 9.03. The van der Waals surface area contributed by atoms with Gasteiger partial charge >= 0.3 is 0 Å². The fourth-order valence-electron chi connectivity index (χ4n) is 2.24. The highest BCUT2D eigenvalue weighted by atomic mass is 16.5. The van der Waals surface area contributed by atoms with E-state index in [0.717, 1.165) is 45.6 Å². The van der Waals surface area contributed by atoms with Gasteiger partial charge in [-0.15, -0.1) is 0 Å². The minimum atomic E-state index is 0.261. The summed E-state index contributed by atoms with van der Waals surface area (Å²) in [7, 11) is 1.74. The van der Waals surface area contributed by atoms with E-state index < -0.39 is 0 Å². The molecule has 0 radical (unpaired) electrons. The van der Waals surface area contributed by atoms with E-state index in [2.05, 4.69) is 10.2 Å². The molecule has 4 heteroatoms. The van der Waals surface area contributed by atoms with Crippen molar-refractivity contribution in [3.05, 3.63) is 0 Å². The van der Waals surface area contributed by atoms with Crippen LogP contribution in [0.3, 0.4) is 0 Å². The van der Waals surface area contributed by atoms with Crippen LogP contribution in [0.15, 0.2) is 0 Å². The molecule has 1 saturated heterocycles. The van der Waals surface area contributed by atoms with E-state index in [0.29, 0.717) is 6.04 Å². The molecule has 1 aliphatic rings. The molecular formula is C12H26N2O2. The second-order valence-electron chi connectivity index (χ2n) is 4.52. The highest BCUT2D eigenvalue weighted by Gasteiger charge is 2.17. The molecule has 0 aliphatic carbocycles.